The summed E-state index contributed by atoms with van der Waals surface area (Å²) < 4.78 is 5.56. The molecule has 2 amide bonds. The molecule has 0 radical (unpaired) electrons. The molecule has 0 bridgehead atoms. The molecular formula is C16H21N3O3. The average molecular weight is 303 g/mol. The number of rotatable bonds is 4. The molecule has 2 aliphatic heterocycles. The Balaban J connectivity index is 1.54. The summed E-state index contributed by atoms with van der Waals surface area (Å²) in [4.78, 5) is 29.6. The van der Waals surface area contributed by atoms with Crippen molar-refractivity contribution in [3.8, 4) is 0 Å². The first-order valence-electron chi connectivity index (χ1n) is 7.90. The standard InChI is InChI=1S/C16H21N3O3/c20-15(10-13-4-1-2-9-22-13)18-14-7-6-12(11-17-14)19-8-3-5-16(19)21/h6-7,11,13H,1-5,8-10H2,(H,17,18,20). The number of anilines is 2. The highest BCUT2D eigenvalue weighted by Crippen LogP contribution is 2.21. The molecule has 1 aromatic rings. The number of amides is 2. The Hall–Kier alpha value is -1.95. The highest BCUT2D eigenvalue weighted by atomic mass is 16.5. The third kappa shape index (κ3) is 3.62. The van der Waals surface area contributed by atoms with E-state index < -0.39 is 0 Å². The zero-order valence-electron chi connectivity index (χ0n) is 12.6. The van der Waals surface area contributed by atoms with Crippen molar-refractivity contribution in [3.05, 3.63) is 18.3 Å². The van der Waals surface area contributed by atoms with Crippen molar-refractivity contribution in [1.82, 2.24) is 4.98 Å². The Morgan fingerprint density at radius 3 is 2.91 bits per heavy atom. The average Bonchev–Trinajstić information content (AvgIpc) is 2.95. The number of carbonyl (C=O) groups excluding carboxylic acids is 2. The molecule has 0 aliphatic carbocycles. The van der Waals surface area contributed by atoms with E-state index in [1.165, 1.54) is 0 Å². The van der Waals surface area contributed by atoms with Crippen molar-refractivity contribution in [2.45, 2.75) is 44.6 Å². The van der Waals surface area contributed by atoms with Gasteiger partial charge < -0.3 is 15.0 Å². The summed E-state index contributed by atoms with van der Waals surface area (Å²) in [6.45, 7) is 1.49. The summed E-state index contributed by atoms with van der Waals surface area (Å²) in [5.41, 5.74) is 0.788. The topological polar surface area (TPSA) is 71.5 Å². The summed E-state index contributed by atoms with van der Waals surface area (Å²) in [7, 11) is 0. The van der Waals surface area contributed by atoms with Gasteiger partial charge in [-0.1, -0.05) is 0 Å². The smallest absolute Gasteiger partial charge is 0.228 e. The molecule has 3 heterocycles. The molecule has 0 saturated carbocycles. The maximum atomic E-state index is 12.0. The number of ether oxygens (including phenoxy) is 1. The highest BCUT2D eigenvalue weighted by molar-refractivity contribution is 5.95. The van der Waals surface area contributed by atoms with Gasteiger partial charge in [0.05, 0.1) is 24.4 Å². The lowest BCUT2D eigenvalue weighted by atomic mass is 10.1. The molecule has 1 unspecified atom stereocenters. The Labute approximate surface area is 129 Å². The van der Waals surface area contributed by atoms with Crippen molar-refractivity contribution >= 4 is 23.3 Å². The Morgan fingerprint density at radius 1 is 1.36 bits per heavy atom. The second-order valence-corrected chi connectivity index (χ2v) is 5.79. The SMILES string of the molecule is O=C(CC1CCCCO1)Nc1ccc(N2CCCC2=O)cn1. The van der Waals surface area contributed by atoms with E-state index in [9.17, 15) is 9.59 Å². The van der Waals surface area contributed by atoms with Crippen LogP contribution in [0.1, 0.15) is 38.5 Å². The highest BCUT2D eigenvalue weighted by Gasteiger charge is 2.22. The minimum Gasteiger partial charge on any atom is -0.378 e. The lowest BCUT2D eigenvalue weighted by molar-refractivity contribution is -0.120. The van der Waals surface area contributed by atoms with Crippen LogP contribution in [0.15, 0.2) is 18.3 Å². The maximum Gasteiger partial charge on any atom is 0.228 e. The second kappa shape index (κ2) is 6.87. The predicted octanol–water partition coefficient (Wildman–Crippen LogP) is 2.11. The number of hydrogen-bond donors (Lipinski definition) is 1. The van der Waals surface area contributed by atoms with Crippen LogP contribution in [0, 0.1) is 0 Å². The second-order valence-electron chi connectivity index (χ2n) is 5.79. The molecule has 2 saturated heterocycles. The monoisotopic (exact) mass is 303 g/mol. The number of pyridine rings is 1. The molecule has 1 N–H and O–H groups in total. The van der Waals surface area contributed by atoms with Gasteiger partial charge in [0.15, 0.2) is 0 Å². The Kier molecular flexibility index (Phi) is 4.68. The van der Waals surface area contributed by atoms with Gasteiger partial charge in [0.25, 0.3) is 0 Å². The summed E-state index contributed by atoms with van der Waals surface area (Å²) in [5, 5.41) is 2.78. The summed E-state index contributed by atoms with van der Waals surface area (Å²) in [5.74, 6) is 0.564. The largest absolute Gasteiger partial charge is 0.378 e. The van der Waals surface area contributed by atoms with Crippen LogP contribution in [0.2, 0.25) is 0 Å². The van der Waals surface area contributed by atoms with Gasteiger partial charge in [-0.25, -0.2) is 4.98 Å². The third-order valence-electron chi connectivity index (χ3n) is 4.09. The first-order chi connectivity index (χ1) is 10.7. The number of aromatic nitrogens is 1. The van der Waals surface area contributed by atoms with Gasteiger partial charge in [0, 0.05) is 19.6 Å². The van der Waals surface area contributed by atoms with Gasteiger partial charge in [-0.2, -0.15) is 0 Å². The minimum atomic E-state index is -0.0793. The Bertz CT molecular complexity index is 538. The van der Waals surface area contributed by atoms with E-state index in [0.29, 0.717) is 18.7 Å². The molecule has 6 heteroatoms. The maximum absolute atomic E-state index is 12.0. The van der Waals surface area contributed by atoms with Gasteiger partial charge in [-0.15, -0.1) is 0 Å². The fourth-order valence-corrected chi connectivity index (χ4v) is 2.91. The van der Waals surface area contributed by atoms with E-state index in [1.54, 1.807) is 17.2 Å². The van der Waals surface area contributed by atoms with Crippen molar-refractivity contribution in [1.29, 1.82) is 0 Å². The van der Waals surface area contributed by atoms with Gasteiger partial charge in [0.1, 0.15) is 5.82 Å². The van der Waals surface area contributed by atoms with Crippen LogP contribution in [0.4, 0.5) is 11.5 Å². The fourth-order valence-electron chi connectivity index (χ4n) is 2.91. The van der Waals surface area contributed by atoms with Crippen molar-refractivity contribution in [2.75, 3.05) is 23.4 Å². The van der Waals surface area contributed by atoms with Crippen molar-refractivity contribution < 1.29 is 14.3 Å². The molecule has 22 heavy (non-hydrogen) atoms. The van der Waals surface area contributed by atoms with E-state index in [1.807, 2.05) is 6.07 Å². The van der Waals surface area contributed by atoms with E-state index in [4.69, 9.17) is 4.74 Å². The third-order valence-corrected chi connectivity index (χ3v) is 4.09. The van der Waals surface area contributed by atoms with Crippen LogP contribution in [0.3, 0.4) is 0 Å². The lowest BCUT2D eigenvalue weighted by Crippen LogP contribution is -2.26. The molecule has 3 rings (SSSR count). The van der Waals surface area contributed by atoms with Gasteiger partial charge in [0.2, 0.25) is 11.8 Å². The number of carbonyl (C=O) groups is 2. The van der Waals surface area contributed by atoms with E-state index in [0.717, 1.165) is 44.5 Å². The van der Waals surface area contributed by atoms with Crippen LogP contribution >= 0.6 is 0 Å². The summed E-state index contributed by atoms with van der Waals surface area (Å²) in [6.07, 6.45) is 6.65. The molecule has 0 spiro atoms. The number of nitrogens with one attached hydrogen (secondary N) is 1. The minimum absolute atomic E-state index is 0.0234. The first-order valence-corrected chi connectivity index (χ1v) is 7.90. The van der Waals surface area contributed by atoms with Crippen molar-refractivity contribution in [2.24, 2.45) is 0 Å². The van der Waals surface area contributed by atoms with Crippen LogP contribution in [-0.2, 0) is 14.3 Å². The lowest BCUT2D eigenvalue weighted by Gasteiger charge is -2.21. The molecular weight excluding hydrogens is 282 g/mol. The Morgan fingerprint density at radius 2 is 2.27 bits per heavy atom. The molecule has 6 nitrogen and oxygen atoms in total. The summed E-state index contributed by atoms with van der Waals surface area (Å²) >= 11 is 0. The van der Waals surface area contributed by atoms with E-state index in [2.05, 4.69) is 10.3 Å². The van der Waals surface area contributed by atoms with Gasteiger partial charge in [-0.05, 0) is 37.8 Å². The van der Waals surface area contributed by atoms with Crippen LogP contribution in [-0.4, -0.2) is 36.1 Å². The molecule has 118 valence electrons. The zero-order valence-corrected chi connectivity index (χ0v) is 12.6. The molecule has 1 aromatic heterocycles. The first kappa shape index (κ1) is 15.0. The molecule has 1 atom stereocenters. The van der Waals surface area contributed by atoms with E-state index >= 15 is 0 Å². The van der Waals surface area contributed by atoms with Crippen LogP contribution in [0.5, 0.6) is 0 Å². The van der Waals surface area contributed by atoms with Crippen LogP contribution < -0.4 is 10.2 Å². The zero-order chi connectivity index (χ0) is 15.4. The normalized spacial score (nSPS) is 21.9. The molecule has 2 aliphatic rings. The van der Waals surface area contributed by atoms with Crippen molar-refractivity contribution in [3.63, 3.8) is 0 Å². The number of hydrogen-bond acceptors (Lipinski definition) is 4. The van der Waals surface area contributed by atoms with Gasteiger partial charge in [-0.3, -0.25) is 9.59 Å². The predicted molar refractivity (Wildman–Crippen MR) is 82.7 cm³/mol. The molecule has 0 aromatic carbocycles. The number of nitrogens with zero attached hydrogens (tertiary/aromatic N) is 2. The van der Waals surface area contributed by atoms with E-state index in [-0.39, 0.29) is 17.9 Å². The van der Waals surface area contributed by atoms with Crippen LogP contribution in [0.25, 0.3) is 0 Å². The quantitative estimate of drug-likeness (QED) is 0.924. The fraction of sp³-hybridized carbons (Fsp3) is 0.562. The van der Waals surface area contributed by atoms with Gasteiger partial charge >= 0.3 is 0 Å². The molecule has 2 fully saturated rings. The summed E-state index contributed by atoms with van der Waals surface area (Å²) in [6, 6.07) is 3.56.